The molecule has 2 rings (SSSR count). The molecular formula is C14H19ClN2O. The fourth-order valence-electron chi connectivity index (χ4n) is 1.96. The lowest BCUT2D eigenvalue weighted by molar-refractivity contribution is -0.121. The standard InChI is InChI=1S/C14H19ClN2O/c15-12-4-2-1-3-10(12)7-8-14(18)17-9-13(16)11-5-6-11/h1-4,11,13H,5-9,16H2,(H,17,18). The molecule has 0 heterocycles. The number of nitrogens with two attached hydrogens (primary N) is 1. The summed E-state index contributed by atoms with van der Waals surface area (Å²) in [5.74, 6) is 0.667. The van der Waals surface area contributed by atoms with E-state index in [1.165, 1.54) is 12.8 Å². The average molecular weight is 267 g/mol. The molecule has 18 heavy (non-hydrogen) atoms. The Morgan fingerprint density at radius 3 is 2.83 bits per heavy atom. The van der Waals surface area contributed by atoms with Crippen molar-refractivity contribution in [2.45, 2.75) is 31.7 Å². The smallest absolute Gasteiger partial charge is 0.220 e. The molecule has 0 bridgehead atoms. The first-order valence-electron chi connectivity index (χ1n) is 6.42. The van der Waals surface area contributed by atoms with Crippen molar-refractivity contribution in [1.82, 2.24) is 5.32 Å². The lowest BCUT2D eigenvalue weighted by atomic mass is 10.1. The molecular weight excluding hydrogens is 248 g/mol. The van der Waals surface area contributed by atoms with Crippen LogP contribution < -0.4 is 11.1 Å². The van der Waals surface area contributed by atoms with Gasteiger partial charge in [0, 0.05) is 24.0 Å². The van der Waals surface area contributed by atoms with Crippen LogP contribution in [0.25, 0.3) is 0 Å². The van der Waals surface area contributed by atoms with Gasteiger partial charge in [0.05, 0.1) is 0 Å². The second-order valence-corrected chi connectivity index (χ2v) is 5.30. The molecule has 1 aliphatic carbocycles. The summed E-state index contributed by atoms with van der Waals surface area (Å²) in [6, 6.07) is 7.74. The molecule has 0 radical (unpaired) electrons. The molecule has 0 aromatic heterocycles. The summed E-state index contributed by atoms with van der Waals surface area (Å²) in [5, 5.41) is 3.61. The molecule has 0 spiro atoms. The van der Waals surface area contributed by atoms with Gasteiger partial charge in [0.15, 0.2) is 0 Å². The number of benzene rings is 1. The Hall–Kier alpha value is -1.06. The normalized spacial score (nSPS) is 16.3. The SMILES string of the molecule is NC(CNC(=O)CCc1ccccc1Cl)C1CC1. The van der Waals surface area contributed by atoms with Crippen molar-refractivity contribution in [3.63, 3.8) is 0 Å². The van der Waals surface area contributed by atoms with Crippen LogP contribution in [0.3, 0.4) is 0 Å². The second-order valence-electron chi connectivity index (χ2n) is 4.90. The predicted octanol–water partition coefficient (Wildman–Crippen LogP) is 2.13. The molecule has 1 saturated carbocycles. The Kier molecular flexibility index (Phi) is 4.61. The van der Waals surface area contributed by atoms with E-state index in [1.807, 2.05) is 24.3 Å². The fourth-order valence-corrected chi connectivity index (χ4v) is 2.19. The van der Waals surface area contributed by atoms with Gasteiger partial charge >= 0.3 is 0 Å². The quantitative estimate of drug-likeness (QED) is 0.829. The maximum absolute atomic E-state index is 11.7. The number of hydrogen-bond acceptors (Lipinski definition) is 2. The third kappa shape index (κ3) is 4.00. The zero-order valence-corrected chi connectivity index (χ0v) is 11.1. The van der Waals surface area contributed by atoms with Crippen molar-refractivity contribution in [1.29, 1.82) is 0 Å². The van der Waals surface area contributed by atoms with E-state index in [0.717, 1.165) is 10.6 Å². The van der Waals surface area contributed by atoms with Crippen LogP contribution in [0.4, 0.5) is 0 Å². The molecule has 1 fully saturated rings. The highest BCUT2D eigenvalue weighted by molar-refractivity contribution is 6.31. The molecule has 3 N–H and O–H groups in total. The van der Waals surface area contributed by atoms with Crippen molar-refractivity contribution in [2.24, 2.45) is 11.7 Å². The van der Waals surface area contributed by atoms with Crippen LogP contribution in [-0.2, 0) is 11.2 Å². The highest BCUT2D eigenvalue weighted by Gasteiger charge is 2.28. The lowest BCUT2D eigenvalue weighted by Crippen LogP contribution is -2.38. The molecule has 1 aliphatic rings. The monoisotopic (exact) mass is 266 g/mol. The van der Waals surface area contributed by atoms with E-state index in [2.05, 4.69) is 5.32 Å². The Morgan fingerprint density at radius 1 is 1.44 bits per heavy atom. The topological polar surface area (TPSA) is 55.1 Å². The van der Waals surface area contributed by atoms with Gasteiger partial charge in [-0.1, -0.05) is 29.8 Å². The average Bonchev–Trinajstić information content (AvgIpc) is 3.19. The molecule has 1 amide bonds. The van der Waals surface area contributed by atoms with E-state index >= 15 is 0 Å². The third-order valence-corrected chi connectivity index (χ3v) is 3.71. The Morgan fingerprint density at radius 2 is 2.17 bits per heavy atom. The molecule has 3 nitrogen and oxygen atoms in total. The van der Waals surface area contributed by atoms with Crippen molar-refractivity contribution in [3.8, 4) is 0 Å². The van der Waals surface area contributed by atoms with Crippen molar-refractivity contribution >= 4 is 17.5 Å². The minimum Gasteiger partial charge on any atom is -0.355 e. The van der Waals surface area contributed by atoms with Gasteiger partial charge < -0.3 is 11.1 Å². The third-order valence-electron chi connectivity index (χ3n) is 3.34. The first-order chi connectivity index (χ1) is 8.66. The van der Waals surface area contributed by atoms with Crippen LogP contribution in [-0.4, -0.2) is 18.5 Å². The number of aryl methyl sites for hydroxylation is 1. The van der Waals surface area contributed by atoms with E-state index in [-0.39, 0.29) is 11.9 Å². The first-order valence-corrected chi connectivity index (χ1v) is 6.80. The molecule has 1 aromatic rings. The summed E-state index contributed by atoms with van der Waals surface area (Å²) in [4.78, 5) is 11.7. The van der Waals surface area contributed by atoms with E-state index in [4.69, 9.17) is 17.3 Å². The van der Waals surface area contributed by atoms with Gasteiger partial charge in [-0.3, -0.25) is 4.79 Å². The minimum absolute atomic E-state index is 0.0472. The first kappa shape index (κ1) is 13.4. The van der Waals surface area contributed by atoms with E-state index < -0.39 is 0 Å². The van der Waals surface area contributed by atoms with Gasteiger partial charge in [0.25, 0.3) is 0 Å². The molecule has 98 valence electrons. The number of amides is 1. The number of carbonyl (C=O) groups excluding carboxylic acids is 1. The summed E-state index contributed by atoms with van der Waals surface area (Å²) >= 11 is 6.03. The number of carbonyl (C=O) groups is 1. The van der Waals surface area contributed by atoms with E-state index in [1.54, 1.807) is 0 Å². The Labute approximate surface area is 113 Å². The molecule has 0 saturated heterocycles. The molecule has 1 unspecified atom stereocenters. The van der Waals surface area contributed by atoms with Crippen LogP contribution in [0, 0.1) is 5.92 Å². The summed E-state index contributed by atoms with van der Waals surface area (Å²) in [6.45, 7) is 0.589. The summed E-state index contributed by atoms with van der Waals surface area (Å²) in [7, 11) is 0. The zero-order valence-electron chi connectivity index (χ0n) is 10.4. The van der Waals surface area contributed by atoms with Crippen molar-refractivity contribution in [3.05, 3.63) is 34.9 Å². The zero-order chi connectivity index (χ0) is 13.0. The maximum atomic E-state index is 11.7. The molecule has 1 atom stereocenters. The van der Waals surface area contributed by atoms with Gasteiger partial charge in [0.1, 0.15) is 0 Å². The van der Waals surface area contributed by atoms with Gasteiger partial charge in [-0.25, -0.2) is 0 Å². The van der Waals surface area contributed by atoms with E-state index in [0.29, 0.717) is 25.3 Å². The predicted molar refractivity (Wildman–Crippen MR) is 73.5 cm³/mol. The highest BCUT2D eigenvalue weighted by Crippen LogP contribution is 2.31. The number of rotatable bonds is 6. The van der Waals surface area contributed by atoms with Crippen LogP contribution in [0.2, 0.25) is 5.02 Å². The minimum atomic E-state index is 0.0472. The molecule has 0 aliphatic heterocycles. The highest BCUT2D eigenvalue weighted by atomic mass is 35.5. The summed E-state index contributed by atoms with van der Waals surface area (Å²) in [6.07, 6.45) is 3.54. The van der Waals surface area contributed by atoms with Gasteiger partial charge in [0.2, 0.25) is 5.91 Å². The summed E-state index contributed by atoms with van der Waals surface area (Å²) in [5.41, 5.74) is 6.94. The number of hydrogen-bond donors (Lipinski definition) is 2. The van der Waals surface area contributed by atoms with Crippen LogP contribution in [0.1, 0.15) is 24.8 Å². The van der Waals surface area contributed by atoms with Gasteiger partial charge in [-0.15, -0.1) is 0 Å². The van der Waals surface area contributed by atoms with Crippen molar-refractivity contribution in [2.75, 3.05) is 6.54 Å². The molecule has 1 aromatic carbocycles. The number of nitrogens with one attached hydrogen (secondary N) is 1. The van der Waals surface area contributed by atoms with E-state index in [9.17, 15) is 4.79 Å². The van der Waals surface area contributed by atoms with Gasteiger partial charge in [-0.05, 0) is 36.8 Å². The molecule has 4 heteroatoms. The van der Waals surface area contributed by atoms with Crippen LogP contribution >= 0.6 is 11.6 Å². The van der Waals surface area contributed by atoms with Crippen LogP contribution in [0.5, 0.6) is 0 Å². The Balaban J connectivity index is 1.69. The van der Waals surface area contributed by atoms with Crippen molar-refractivity contribution < 1.29 is 4.79 Å². The lowest BCUT2D eigenvalue weighted by Gasteiger charge is -2.11. The van der Waals surface area contributed by atoms with Gasteiger partial charge in [-0.2, -0.15) is 0 Å². The van der Waals surface area contributed by atoms with Crippen LogP contribution in [0.15, 0.2) is 24.3 Å². The number of halogens is 1. The summed E-state index contributed by atoms with van der Waals surface area (Å²) < 4.78 is 0. The Bertz CT molecular complexity index is 418. The fraction of sp³-hybridized carbons (Fsp3) is 0.500. The maximum Gasteiger partial charge on any atom is 0.220 e. The largest absolute Gasteiger partial charge is 0.355 e. The second kappa shape index (κ2) is 6.21.